The maximum Gasteiger partial charge on any atom is 0.0453 e. The quantitative estimate of drug-likeness (QED) is 0.836. The normalized spacial score (nSPS) is 20.7. The molecule has 1 aromatic rings. The van der Waals surface area contributed by atoms with Crippen LogP contribution >= 0.6 is 23.2 Å². The lowest BCUT2D eigenvalue weighted by Gasteiger charge is -2.32. The third-order valence-corrected chi connectivity index (χ3v) is 4.47. The number of nitrogens with one attached hydrogen (secondary N) is 1. The number of nitrogens with zero attached hydrogens (tertiary/aromatic N) is 1. The zero-order valence-electron chi connectivity index (χ0n) is 11.5. The molecule has 1 aromatic carbocycles. The molecule has 1 unspecified atom stereocenters. The van der Waals surface area contributed by atoms with Crippen molar-refractivity contribution in [2.45, 2.75) is 31.7 Å². The fraction of sp³-hybridized carbons (Fsp3) is 0.600. The standard InChI is InChI=1S/C15H22Cl2N2/c1-19-9-3-2-4-14(19)11-18-8-7-12-5-6-13(16)10-15(12)17/h5-6,10,14,18H,2-4,7-9,11H2,1H3. The molecule has 106 valence electrons. The summed E-state index contributed by atoms with van der Waals surface area (Å²) >= 11 is 12.1. The molecule has 1 heterocycles. The largest absolute Gasteiger partial charge is 0.315 e. The van der Waals surface area contributed by atoms with Crippen LogP contribution < -0.4 is 5.32 Å². The van der Waals surface area contributed by atoms with E-state index in [0.717, 1.165) is 30.1 Å². The van der Waals surface area contributed by atoms with Gasteiger partial charge >= 0.3 is 0 Å². The van der Waals surface area contributed by atoms with Crippen LogP contribution in [0.1, 0.15) is 24.8 Å². The van der Waals surface area contributed by atoms with Crippen molar-refractivity contribution in [2.75, 3.05) is 26.7 Å². The number of likely N-dealkylation sites (tertiary alicyclic amines) is 1. The molecule has 19 heavy (non-hydrogen) atoms. The third-order valence-electron chi connectivity index (χ3n) is 3.89. The Hall–Kier alpha value is -0.280. The van der Waals surface area contributed by atoms with E-state index in [1.807, 2.05) is 18.2 Å². The van der Waals surface area contributed by atoms with Gasteiger partial charge in [-0.2, -0.15) is 0 Å². The Balaban J connectivity index is 1.71. The Bertz CT molecular complexity index is 409. The molecule has 0 spiro atoms. The molecule has 0 radical (unpaired) electrons. The maximum atomic E-state index is 6.16. The summed E-state index contributed by atoms with van der Waals surface area (Å²) in [6.07, 6.45) is 4.96. The lowest BCUT2D eigenvalue weighted by Crippen LogP contribution is -2.43. The van der Waals surface area contributed by atoms with E-state index in [1.54, 1.807) is 0 Å². The van der Waals surface area contributed by atoms with Crippen LogP contribution in [0.2, 0.25) is 10.0 Å². The lowest BCUT2D eigenvalue weighted by molar-refractivity contribution is 0.182. The Kier molecular flexibility index (Phi) is 5.96. The SMILES string of the molecule is CN1CCCCC1CNCCc1ccc(Cl)cc1Cl. The molecule has 2 nitrogen and oxygen atoms in total. The minimum Gasteiger partial charge on any atom is -0.315 e. The second-order valence-corrected chi connectivity index (χ2v) is 6.16. The molecule has 0 saturated carbocycles. The first-order valence-electron chi connectivity index (χ1n) is 7.01. The van der Waals surface area contributed by atoms with Gasteiger partial charge in [-0.3, -0.25) is 0 Å². The predicted octanol–water partition coefficient (Wildman–Crippen LogP) is 3.61. The summed E-state index contributed by atoms with van der Waals surface area (Å²) in [5.74, 6) is 0. The first-order chi connectivity index (χ1) is 9.16. The molecule has 0 aliphatic carbocycles. The van der Waals surface area contributed by atoms with E-state index in [0.29, 0.717) is 11.1 Å². The van der Waals surface area contributed by atoms with Gasteiger partial charge < -0.3 is 10.2 Å². The molecular formula is C15H22Cl2N2. The van der Waals surface area contributed by atoms with Gasteiger partial charge in [0, 0.05) is 22.6 Å². The van der Waals surface area contributed by atoms with Gasteiger partial charge in [-0.1, -0.05) is 35.7 Å². The van der Waals surface area contributed by atoms with Crippen molar-refractivity contribution in [1.29, 1.82) is 0 Å². The van der Waals surface area contributed by atoms with Crippen molar-refractivity contribution in [2.24, 2.45) is 0 Å². The van der Waals surface area contributed by atoms with Gasteiger partial charge in [0.15, 0.2) is 0 Å². The van der Waals surface area contributed by atoms with Crippen LogP contribution in [-0.4, -0.2) is 37.6 Å². The average Bonchev–Trinajstić information content (AvgIpc) is 2.38. The molecule has 1 N–H and O–H groups in total. The van der Waals surface area contributed by atoms with Crippen molar-refractivity contribution >= 4 is 23.2 Å². The van der Waals surface area contributed by atoms with Gasteiger partial charge in [0.25, 0.3) is 0 Å². The minimum atomic E-state index is 0.689. The molecule has 1 atom stereocenters. The summed E-state index contributed by atoms with van der Waals surface area (Å²) in [5.41, 5.74) is 1.16. The maximum absolute atomic E-state index is 6.16. The summed E-state index contributed by atoms with van der Waals surface area (Å²) in [6.45, 7) is 3.27. The molecule has 1 aliphatic rings. The summed E-state index contributed by atoms with van der Waals surface area (Å²) in [5, 5.41) is 5.01. The number of rotatable bonds is 5. The molecule has 1 aliphatic heterocycles. The first-order valence-corrected chi connectivity index (χ1v) is 7.77. The molecule has 4 heteroatoms. The number of likely N-dealkylation sites (N-methyl/N-ethyl adjacent to an activating group) is 1. The van der Waals surface area contributed by atoms with E-state index in [2.05, 4.69) is 17.3 Å². The van der Waals surface area contributed by atoms with E-state index in [4.69, 9.17) is 23.2 Å². The number of piperidine rings is 1. The highest BCUT2D eigenvalue weighted by Crippen LogP contribution is 2.21. The molecule has 1 saturated heterocycles. The van der Waals surface area contributed by atoms with Gasteiger partial charge in [0.2, 0.25) is 0 Å². The average molecular weight is 301 g/mol. The number of hydrogen-bond acceptors (Lipinski definition) is 2. The van der Waals surface area contributed by atoms with Gasteiger partial charge in [-0.05, 0) is 57.1 Å². The molecular weight excluding hydrogens is 279 g/mol. The van der Waals surface area contributed by atoms with Crippen LogP contribution in [0.5, 0.6) is 0 Å². The smallest absolute Gasteiger partial charge is 0.0453 e. The van der Waals surface area contributed by atoms with E-state index >= 15 is 0 Å². The van der Waals surface area contributed by atoms with Gasteiger partial charge in [-0.25, -0.2) is 0 Å². The van der Waals surface area contributed by atoms with Crippen molar-refractivity contribution in [3.05, 3.63) is 33.8 Å². The fourth-order valence-electron chi connectivity index (χ4n) is 2.62. The van der Waals surface area contributed by atoms with Crippen molar-refractivity contribution in [3.63, 3.8) is 0 Å². The topological polar surface area (TPSA) is 15.3 Å². The van der Waals surface area contributed by atoms with Crippen LogP contribution in [0.4, 0.5) is 0 Å². The van der Waals surface area contributed by atoms with Crippen molar-refractivity contribution < 1.29 is 0 Å². The molecule has 1 fully saturated rings. The summed E-state index contributed by atoms with van der Waals surface area (Å²) < 4.78 is 0. The van der Waals surface area contributed by atoms with Crippen LogP contribution in [0.25, 0.3) is 0 Å². The predicted molar refractivity (Wildman–Crippen MR) is 83.3 cm³/mol. The van der Waals surface area contributed by atoms with Gasteiger partial charge in [0.05, 0.1) is 0 Å². The molecule has 0 amide bonds. The summed E-state index contributed by atoms with van der Waals surface area (Å²) in [6, 6.07) is 6.42. The van der Waals surface area contributed by atoms with Crippen LogP contribution in [0.15, 0.2) is 18.2 Å². The highest BCUT2D eigenvalue weighted by atomic mass is 35.5. The second kappa shape index (κ2) is 7.49. The number of benzene rings is 1. The Morgan fingerprint density at radius 2 is 2.16 bits per heavy atom. The number of halogens is 2. The summed E-state index contributed by atoms with van der Waals surface area (Å²) in [7, 11) is 2.22. The Labute approximate surface area is 126 Å². The van der Waals surface area contributed by atoms with Crippen LogP contribution in [0.3, 0.4) is 0 Å². The lowest BCUT2D eigenvalue weighted by atomic mass is 10.0. The van der Waals surface area contributed by atoms with Crippen molar-refractivity contribution in [3.8, 4) is 0 Å². The zero-order valence-corrected chi connectivity index (χ0v) is 13.0. The Morgan fingerprint density at radius 3 is 2.89 bits per heavy atom. The van der Waals surface area contributed by atoms with E-state index < -0.39 is 0 Å². The van der Waals surface area contributed by atoms with E-state index in [-0.39, 0.29) is 0 Å². The first kappa shape index (κ1) is 15.1. The molecule has 2 rings (SSSR count). The van der Waals surface area contributed by atoms with Gasteiger partial charge in [0.1, 0.15) is 0 Å². The third kappa shape index (κ3) is 4.64. The Morgan fingerprint density at radius 1 is 1.32 bits per heavy atom. The van der Waals surface area contributed by atoms with E-state index in [1.165, 1.54) is 25.8 Å². The second-order valence-electron chi connectivity index (χ2n) is 5.32. The molecule has 0 aromatic heterocycles. The number of hydrogen-bond donors (Lipinski definition) is 1. The zero-order chi connectivity index (χ0) is 13.7. The highest BCUT2D eigenvalue weighted by molar-refractivity contribution is 6.35. The van der Waals surface area contributed by atoms with Crippen LogP contribution in [0, 0.1) is 0 Å². The summed E-state index contributed by atoms with van der Waals surface area (Å²) in [4.78, 5) is 2.46. The van der Waals surface area contributed by atoms with Crippen LogP contribution in [-0.2, 0) is 6.42 Å². The van der Waals surface area contributed by atoms with Crippen molar-refractivity contribution in [1.82, 2.24) is 10.2 Å². The van der Waals surface area contributed by atoms with E-state index in [9.17, 15) is 0 Å². The fourth-order valence-corrected chi connectivity index (χ4v) is 3.12. The van der Waals surface area contributed by atoms with Gasteiger partial charge in [-0.15, -0.1) is 0 Å². The highest BCUT2D eigenvalue weighted by Gasteiger charge is 2.17. The molecule has 0 bridgehead atoms. The minimum absolute atomic E-state index is 0.689. The monoisotopic (exact) mass is 300 g/mol.